The Balaban J connectivity index is 3.54. The van der Waals surface area contributed by atoms with Gasteiger partial charge >= 0.3 is 0 Å². The molecule has 0 aliphatic heterocycles. The second-order valence-electron chi connectivity index (χ2n) is 4.21. The summed E-state index contributed by atoms with van der Waals surface area (Å²) in [5.74, 6) is 0. The minimum Gasteiger partial charge on any atom is -0.305 e. The van der Waals surface area contributed by atoms with E-state index in [1.165, 1.54) is 0 Å². The molecule has 2 nitrogen and oxygen atoms in total. The monoisotopic (exact) mass is 154 g/mol. The molecular formula is C9H18N2. The first-order valence-corrected chi connectivity index (χ1v) is 4.01. The van der Waals surface area contributed by atoms with Crippen molar-refractivity contribution in [2.75, 3.05) is 20.1 Å². The average molecular weight is 154 g/mol. The van der Waals surface area contributed by atoms with Crippen molar-refractivity contribution < 1.29 is 0 Å². The maximum atomic E-state index is 8.34. The Bertz CT molecular complexity index is 139. The molecule has 0 atom stereocenters. The van der Waals surface area contributed by atoms with Crippen LogP contribution in [0.5, 0.6) is 0 Å². The van der Waals surface area contributed by atoms with E-state index < -0.39 is 0 Å². The van der Waals surface area contributed by atoms with Gasteiger partial charge in [-0.2, -0.15) is 5.26 Å². The summed E-state index contributed by atoms with van der Waals surface area (Å²) in [6.07, 6.45) is 0.632. The summed E-state index contributed by atoms with van der Waals surface area (Å²) >= 11 is 0. The molecule has 0 aliphatic carbocycles. The van der Waals surface area contributed by atoms with Crippen molar-refractivity contribution in [2.45, 2.75) is 27.2 Å². The van der Waals surface area contributed by atoms with Gasteiger partial charge in [0.2, 0.25) is 0 Å². The van der Waals surface area contributed by atoms with Crippen molar-refractivity contribution in [2.24, 2.45) is 5.41 Å². The lowest BCUT2D eigenvalue weighted by atomic mass is 9.96. The van der Waals surface area contributed by atoms with Gasteiger partial charge in [-0.05, 0) is 12.5 Å². The summed E-state index contributed by atoms with van der Waals surface area (Å²) in [6.45, 7) is 8.55. The Hall–Kier alpha value is -0.550. The summed E-state index contributed by atoms with van der Waals surface area (Å²) < 4.78 is 0. The van der Waals surface area contributed by atoms with Crippen molar-refractivity contribution in [3.63, 3.8) is 0 Å². The topological polar surface area (TPSA) is 27.0 Å². The van der Waals surface area contributed by atoms with Gasteiger partial charge in [0.1, 0.15) is 0 Å². The van der Waals surface area contributed by atoms with Crippen LogP contribution in [0.15, 0.2) is 0 Å². The summed E-state index contributed by atoms with van der Waals surface area (Å²) in [7, 11) is 2.06. The smallest absolute Gasteiger partial charge is 0.0635 e. The number of rotatable bonds is 3. The first-order chi connectivity index (χ1) is 4.95. The fourth-order valence-electron chi connectivity index (χ4n) is 1.13. The Labute approximate surface area is 69.8 Å². The van der Waals surface area contributed by atoms with E-state index >= 15 is 0 Å². The molecule has 0 fully saturated rings. The zero-order valence-electron chi connectivity index (χ0n) is 8.02. The number of hydrogen-bond acceptors (Lipinski definition) is 2. The van der Waals surface area contributed by atoms with Crippen molar-refractivity contribution in [3.05, 3.63) is 0 Å². The third kappa shape index (κ3) is 7.35. The lowest BCUT2D eigenvalue weighted by Gasteiger charge is -2.25. The standard InChI is InChI=1S/C9H18N2/c1-9(2,3)8-11(4)7-5-6-10/h5,7-8H2,1-4H3. The Morgan fingerprint density at radius 2 is 1.91 bits per heavy atom. The first-order valence-electron chi connectivity index (χ1n) is 4.01. The van der Waals surface area contributed by atoms with Crippen molar-refractivity contribution in [3.8, 4) is 6.07 Å². The van der Waals surface area contributed by atoms with Crippen LogP contribution in [0.3, 0.4) is 0 Å². The molecule has 0 spiro atoms. The molecule has 0 rings (SSSR count). The molecule has 0 unspecified atom stereocenters. The summed E-state index contributed by atoms with van der Waals surface area (Å²) in [4.78, 5) is 2.20. The number of hydrogen-bond donors (Lipinski definition) is 0. The molecule has 0 aliphatic rings. The molecule has 11 heavy (non-hydrogen) atoms. The van der Waals surface area contributed by atoms with Gasteiger partial charge in [0.25, 0.3) is 0 Å². The largest absolute Gasteiger partial charge is 0.305 e. The van der Waals surface area contributed by atoms with Crippen LogP contribution < -0.4 is 0 Å². The number of nitrogens with zero attached hydrogens (tertiary/aromatic N) is 2. The van der Waals surface area contributed by atoms with Gasteiger partial charge in [-0.1, -0.05) is 20.8 Å². The van der Waals surface area contributed by atoms with Crippen LogP contribution in [0, 0.1) is 16.7 Å². The molecule has 64 valence electrons. The van der Waals surface area contributed by atoms with Crippen LogP contribution in [-0.4, -0.2) is 25.0 Å². The van der Waals surface area contributed by atoms with E-state index in [2.05, 4.69) is 38.8 Å². The normalized spacial score (nSPS) is 11.6. The molecule has 0 aromatic carbocycles. The molecule has 0 radical (unpaired) electrons. The van der Waals surface area contributed by atoms with Gasteiger partial charge in [0, 0.05) is 19.5 Å². The van der Waals surface area contributed by atoms with Crippen molar-refractivity contribution in [1.29, 1.82) is 5.26 Å². The molecule has 0 aromatic rings. The van der Waals surface area contributed by atoms with Crippen molar-refractivity contribution >= 4 is 0 Å². The van der Waals surface area contributed by atoms with E-state index in [9.17, 15) is 0 Å². The molecule has 0 bridgehead atoms. The predicted molar refractivity (Wildman–Crippen MR) is 47.2 cm³/mol. The highest BCUT2D eigenvalue weighted by atomic mass is 15.1. The van der Waals surface area contributed by atoms with Crippen LogP contribution in [-0.2, 0) is 0 Å². The number of nitriles is 1. The summed E-state index contributed by atoms with van der Waals surface area (Å²) in [5.41, 5.74) is 0.338. The van der Waals surface area contributed by atoms with E-state index in [1.54, 1.807) is 0 Å². The molecule has 2 heteroatoms. The van der Waals surface area contributed by atoms with Gasteiger partial charge in [0.15, 0.2) is 0 Å². The van der Waals surface area contributed by atoms with E-state index in [0.29, 0.717) is 11.8 Å². The molecule has 0 aromatic heterocycles. The van der Waals surface area contributed by atoms with E-state index in [-0.39, 0.29) is 0 Å². The molecule has 0 saturated carbocycles. The van der Waals surface area contributed by atoms with Gasteiger partial charge < -0.3 is 4.90 Å². The fourth-order valence-corrected chi connectivity index (χ4v) is 1.13. The zero-order chi connectivity index (χ0) is 8.91. The third-order valence-electron chi connectivity index (χ3n) is 1.35. The maximum absolute atomic E-state index is 8.34. The Morgan fingerprint density at radius 3 is 2.27 bits per heavy atom. The van der Waals surface area contributed by atoms with Gasteiger partial charge in [-0.25, -0.2) is 0 Å². The van der Waals surface area contributed by atoms with Crippen LogP contribution in [0.25, 0.3) is 0 Å². The van der Waals surface area contributed by atoms with Crippen LogP contribution in [0.1, 0.15) is 27.2 Å². The fraction of sp³-hybridized carbons (Fsp3) is 0.889. The van der Waals surface area contributed by atoms with Gasteiger partial charge in [-0.3, -0.25) is 0 Å². The van der Waals surface area contributed by atoms with E-state index in [1.807, 2.05) is 0 Å². The summed E-state index contributed by atoms with van der Waals surface area (Å²) in [6, 6.07) is 2.14. The second kappa shape index (κ2) is 4.35. The Kier molecular flexibility index (Phi) is 4.14. The minimum atomic E-state index is 0.338. The molecular weight excluding hydrogens is 136 g/mol. The van der Waals surface area contributed by atoms with E-state index in [0.717, 1.165) is 13.1 Å². The summed E-state index contributed by atoms with van der Waals surface area (Å²) in [5, 5.41) is 8.34. The lowest BCUT2D eigenvalue weighted by Crippen LogP contribution is -2.29. The minimum absolute atomic E-state index is 0.338. The Morgan fingerprint density at radius 1 is 1.36 bits per heavy atom. The molecule has 0 heterocycles. The van der Waals surface area contributed by atoms with Crippen LogP contribution in [0.2, 0.25) is 0 Å². The molecule has 0 amide bonds. The molecule has 0 N–H and O–H groups in total. The van der Waals surface area contributed by atoms with Gasteiger partial charge in [-0.15, -0.1) is 0 Å². The highest BCUT2D eigenvalue weighted by Gasteiger charge is 2.12. The van der Waals surface area contributed by atoms with E-state index in [4.69, 9.17) is 5.26 Å². The zero-order valence-corrected chi connectivity index (χ0v) is 8.02. The highest BCUT2D eigenvalue weighted by molar-refractivity contribution is 4.73. The predicted octanol–water partition coefficient (Wildman–Crippen LogP) is 1.88. The lowest BCUT2D eigenvalue weighted by molar-refractivity contribution is 0.231. The SMILES string of the molecule is CN(CCC#N)CC(C)(C)C. The maximum Gasteiger partial charge on any atom is 0.0635 e. The van der Waals surface area contributed by atoms with Crippen molar-refractivity contribution in [1.82, 2.24) is 4.90 Å². The molecule has 0 saturated heterocycles. The van der Waals surface area contributed by atoms with Crippen LogP contribution >= 0.6 is 0 Å². The van der Waals surface area contributed by atoms with Crippen LogP contribution in [0.4, 0.5) is 0 Å². The van der Waals surface area contributed by atoms with Gasteiger partial charge in [0.05, 0.1) is 6.07 Å². The first kappa shape index (κ1) is 10.4. The average Bonchev–Trinajstić information content (AvgIpc) is 1.79. The second-order valence-corrected chi connectivity index (χ2v) is 4.21. The quantitative estimate of drug-likeness (QED) is 0.620. The highest BCUT2D eigenvalue weighted by Crippen LogP contribution is 2.13. The third-order valence-corrected chi connectivity index (χ3v) is 1.35.